The molecule has 124 valence electrons. The Bertz CT molecular complexity index is 691. The van der Waals surface area contributed by atoms with Crippen molar-refractivity contribution in [2.45, 2.75) is 6.61 Å². The van der Waals surface area contributed by atoms with Crippen LogP contribution in [-0.2, 0) is 0 Å². The first kappa shape index (κ1) is 17.4. The normalized spacial score (nSPS) is 14.7. The summed E-state index contributed by atoms with van der Waals surface area (Å²) >= 11 is 0. The van der Waals surface area contributed by atoms with Crippen LogP contribution in [0.25, 0.3) is 10.8 Å². The standard InChI is InChI=1S/C16H16F2N2O2.ClH/c17-16(18)22-14-10-12-4-2-1-3-11(12)9-13(14)15(21)20-7-5-19-6-8-20;/h1-4,9-10,16,19H,5-8H2;1H. The summed E-state index contributed by atoms with van der Waals surface area (Å²) < 4.78 is 29.9. The minimum atomic E-state index is -2.96. The van der Waals surface area contributed by atoms with E-state index in [4.69, 9.17) is 0 Å². The first-order valence-electron chi connectivity index (χ1n) is 7.13. The molecule has 2 aromatic carbocycles. The van der Waals surface area contributed by atoms with Crippen LogP contribution in [-0.4, -0.2) is 43.6 Å². The number of nitrogens with one attached hydrogen (secondary N) is 1. The number of fused-ring (bicyclic) bond motifs is 1. The third kappa shape index (κ3) is 3.89. The maximum Gasteiger partial charge on any atom is 0.387 e. The molecule has 0 saturated carbocycles. The van der Waals surface area contributed by atoms with Crippen LogP contribution in [0.3, 0.4) is 0 Å². The average molecular weight is 343 g/mol. The second-order valence-electron chi connectivity index (χ2n) is 5.12. The maximum atomic E-state index is 12.6. The molecule has 1 heterocycles. The number of rotatable bonds is 3. The van der Waals surface area contributed by atoms with Crippen molar-refractivity contribution in [3.63, 3.8) is 0 Å². The van der Waals surface area contributed by atoms with E-state index in [2.05, 4.69) is 10.1 Å². The molecule has 0 bridgehead atoms. The fraction of sp³-hybridized carbons (Fsp3) is 0.312. The molecule has 1 aliphatic rings. The Morgan fingerprint density at radius 2 is 1.74 bits per heavy atom. The zero-order chi connectivity index (χ0) is 15.5. The van der Waals surface area contributed by atoms with Gasteiger partial charge in [0.1, 0.15) is 5.75 Å². The largest absolute Gasteiger partial charge is 0.434 e. The number of ether oxygens (including phenoxy) is 1. The van der Waals surface area contributed by atoms with Gasteiger partial charge >= 0.3 is 6.61 Å². The molecule has 1 saturated heterocycles. The van der Waals surface area contributed by atoms with E-state index in [9.17, 15) is 13.6 Å². The molecule has 2 aromatic rings. The molecule has 3 rings (SSSR count). The van der Waals surface area contributed by atoms with E-state index in [0.29, 0.717) is 26.2 Å². The Labute approximate surface area is 138 Å². The summed E-state index contributed by atoms with van der Waals surface area (Å²) in [5.41, 5.74) is 0.181. The lowest BCUT2D eigenvalue weighted by Gasteiger charge is -2.28. The predicted molar refractivity (Wildman–Crippen MR) is 86.6 cm³/mol. The SMILES string of the molecule is Cl.O=C(c1cc2ccccc2cc1OC(F)F)N1CCNCC1. The topological polar surface area (TPSA) is 41.6 Å². The molecule has 0 atom stereocenters. The molecule has 7 heteroatoms. The van der Waals surface area contributed by atoms with E-state index in [1.807, 2.05) is 18.2 Å². The van der Waals surface area contributed by atoms with Gasteiger partial charge in [-0.2, -0.15) is 8.78 Å². The van der Waals surface area contributed by atoms with E-state index in [-0.39, 0.29) is 29.6 Å². The summed E-state index contributed by atoms with van der Waals surface area (Å²) in [5.74, 6) is -0.347. The first-order valence-corrected chi connectivity index (χ1v) is 7.13. The smallest absolute Gasteiger partial charge is 0.387 e. The predicted octanol–water partition coefficient (Wildman–Crippen LogP) is 2.91. The van der Waals surface area contributed by atoms with Crippen molar-refractivity contribution in [3.05, 3.63) is 42.0 Å². The van der Waals surface area contributed by atoms with Gasteiger partial charge < -0.3 is 15.0 Å². The zero-order valence-corrected chi connectivity index (χ0v) is 13.1. The molecule has 1 amide bonds. The summed E-state index contributed by atoms with van der Waals surface area (Å²) in [6, 6.07) is 10.4. The van der Waals surface area contributed by atoms with Crippen LogP contribution in [0.2, 0.25) is 0 Å². The molecule has 1 N–H and O–H groups in total. The van der Waals surface area contributed by atoms with Gasteiger partial charge in [0.25, 0.3) is 5.91 Å². The van der Waals surface area contributed by atoms with Crippen molar-refractivity contribution in [2.75, 3.05) is 26.2 Å². The van der Waals surface area contributed by atoms with Crippen LogP contribution in [0.1, 0.15) is 10.4 Å². The average Bonchev–Trinajstić information content (AvgIpc) is 2.54. The van der Waals surface area contributed by atoms with E-state index < -0.39 is 6.61 Å². The fourth-order valence-electron chi connectivity index (χ4n) is 2.62. The van der Waals surface area contributed by atoms with Crippen molar-refractivity contribution in [1.29, 1.82) is 0 Å². The summed E-state index contributed by atoms with van der Waals surface area (Å²) in [4.78, 5) is 14.3. The molecule has 0 unspecified atom stereocenters. The summed E-state index contributed by atoms with van der Waals surface area (Å²) in [6.45, 7) is -0.454. The minimum Gasteiger partial charge on any atom is -0.434 e. The van der Waals surface area contributed by atoms with Gasteiger partial charge in [0.05, 0.1) is 5.56 Å². The number of carbonyl (C=O) groups excluding carboxylic acids is 1. The summed E-state index contributed by atoms with van der Waals surface area (Å²) in [5, 5.41) is 4.73. The molecule has 0 aromatic heterocycles. The third-order valence-corrected chi connectivity index (χ3v) is 3.70. The van der Waals surface area contributed by atoms with Gasteiger partial charge in [0, 0.05) is 26.2 Å². The van der Waals surface area contributed by atoms with Gasteiger partial charge in [-0.3, -0.25) is 4.79 Å². The monoisotopic (exact) mass is 342 g/mol. The van der Waals surface area contributed by atoms with E-state index in [1.165, 1.54) is 6.07 Å². The second-order valence-corrected chi connectivity index (χ2v) is 5.12. The molecule has 0 radical (unpaired) electrons. The quantitative estimate of drug-likeness (QED) is 0.932. The maximum absolute atomic E-state index is 12.6. The molecule has 4 nitrogen and oxygen atoms in total. The Morgan fingerprint density at radius 1 is 1.13 bits per heavy atom. The number of halogens is 3. The molecular weight excluding hydrogens is 326 g/mol. The highest BCUT2D eigenvalue weighted by Crippen LogP contribution is 2.28. The van der Waals surface area contributed by atoms with Crippen molar-refractivity contribution in [3.8, 4) is 5.75 Å². The lowest BCUT2D eigenvalue weighted by Crippen LogP contribution is -2.46. The number of hydrogen-bond acceptors (Lipinski definition) is 3. The van der Waals surface area contributed by atoms with Crippen LogP contribution < -0.4 is 10.1 Å². The Kier molecular flexibility index (Phi) is 5.74. The van der Waals surface area contributed by atoms with Gasteiger partial charge in [-0.25, -0.2) is 0 Å². The van der Waals surface area contributed by atoms with Gasteiger partial charge in [0.2, 0.25) is 0 Å². The van der Waals surface area contributed by atoms with Crippen molar-refractivity contribution < 1.29 is 18.3 Å². The molecule has 1 aliphatic heterocycles. The van der Waals surface area contributed by atoms with Gasteiger partial charge in [-0.05, 0) is 22.9 Å². The van der Waals surface area contributed by atoms with Crippen LogP contribution >= 0.6 is 12.4 Å². The summed E-state index contributed by atoms with van der Waals surface area (Å²) in [6.07, 6.45) is 0. The highest BCUT2D eigenvalue weighted by molar-refractivity contribution is 6.01. The van der Waals surface area contributed by atoms with Crippen LogP contribution in [0, 0.1) is 0 Å². The van der Waals surface area contributed by atoms with Gasteiger partial charge in [-0.15, -0.1) is 12.4 Å². The van der Waals surface area contributed by atoms with Crippen molar-refractivity contribution in [2.24, 2.45) is 0 Å². The number of piperazine rings is 1. The van der Waals surface area contributed by atoms with Gasteiger partial charge in [-0.1, -0.05) is 24.3 Å². The number of hydrogen-bond donors (Lipinski definition) is 1. The lowest BCUT2D eigenvalue weighted by molar-refractivity contribution is -0.0502. The van der Waals surface area contributed by atoms with Crippen molar-refractivity contribution in [1.82, 2.24) is 10.2 Å². The number of amides is 1. The lowest BCUT2D eigenvalue weighted by atomic mass is 10.0. The molecule has 1 fully saturated rings. The van der Waals surface area contributed by atoms with Gasteiger partial charge in [0.15, 0.2) is 0 Å². The van der Waals surface area contributed by atoms with E-state index in [1.54, 1.807) is 17.0 Å². The number of nitrogens with zero attached hydrogens (tertiary/aromatic N) is 1. The number of carbonyl (C=O) groups is 1. The molecular formula is C16H17ClF2N2O2. The number of benzene rings is 2. The van der Waals surface area contributed by atoms with Crippen LogP contribution in [0.4, 0.5) is 8.78 Å². The van der Waals surface area contributed by atoms with E-state index >= 15 is 0 Å². The zero-order valence-electron chi connectivity index (χ0n) is 12.3. The molecule has 0 aliphatic carbocycles. The first-order chi connectivity index (χ1) is 10.6. The Morgan fingerprint density at radius 3 is 2.35 bits per heavy atom. The third-order valence-electron chi connectivity index (χ3n) is 3.70. The minimum absolute atomic E-state index is 0. The number of alkyl halides is 2. The van der Waals surface area contributed by atoms with E-state index in [0.717, 1.165) is 10.8 Å². The highest BCUT2D eigenvalue weighted by Gasteiger charge is 2.23. The summed E-state index contributed by atoms with van der Waals surface area (Å²) in [7, 11) is 0. The van der Waals surface area contributed by atoms with Crippen molar-refractivity contribution >= 4 is 29.1 Å². The van der Waals surface area contributed by atoms with Crippen LogP contribution in [0.5, 0.6) is 5.75 Å². The highest BCUT2D eigenvalue weighted by atomic mass is 35.5. The second kappa shape index (κ2) is 7.57. The molecule has 0 spiro atoms. The molecule has 23 heavy (non-hydrogen) atoms. The fourth-order valence-corrected chi connectivity index (χ4v) is 2.62. The van der Waals surface area contributed by atoms with Crippen LogP contribution in [0.15, 0.2) is 36.4 Å². The Balaban J connectivity index is 0.00000192. The Hall–Kier alpha value is -1.92.